The lowest BCUT2D eigenvalue weighted by atomic mass is 9.91. The van der Waals surface area contributed by atoms with Crippen LogP contribution in [0.1, 0.15) is 31.9 Å². The van der Waals surface area contributed by atoms with Crippen LogP contribution in [0.25, 0.3) is 22.6 Å². The number of hydrogen-bond acceptors (Lipinski definition) is 8. The number of H-pyrrole nitrogens is 1. The molecule has 41 heavy (non-hydrogen) atoms. The Balaban J connectivity index is 1.23. The lowest BCUT2D eigenvalue weighted by molar-refractivity contribution is -0.231. The van der Waals surface area contributed by atoms with Crippen molar-refractivity contribution in [1.29, 1.82) is 0 Å². The summed E-state index contributed by atoms with van der Waals surface area (Å²) in [7, 11) is 0. The van der Waals surface area contributed by atoms with Crippen LogP contribution in [0.2, 0.25) is 0 Å². The molecule has 10 nitrogen and oxygen atoms in total. The Labute approximate surface area is 236 Å². The SMILES string of the molecule is CC1(C(=O)NCC2CCCO2)COC(c2nc(-c3ccc(F)cc3)c(-c3ccnc(Oc4ccccc4)n3)[nH]2)OC1. The quantitative estimate of drug-likeness (QED) is 0.316. The second-order valence-corrected chi connectivity index (χ2v) is 10.4. The van der Waals surface area contributed by atoms with Crippen molar-refractivity contribution in [3.8, 4) is 34.4 Å². The molecule has 2 aromatic carbocycles. The van der Waals surface area contributed by atoms with Crippen molar-refractivity contribution in [2.75, 3.05) is 26.4 Å². The molecule has 11 heteroatoms. The first-order valence-electron chi connectivity index (χ1n) is 13.5. The van der Waals surface area contributed by atoms with E-state index in [2.05, 4.69) is 20.3 Å². The van der Waals surface area contributed by atoms with Gasteiger partial charge in [0.05, 0.1) is 41.8 Å². The van der Waals surface area contributed by atoms with Gasteiger partial charge in [-0.25, -0.2) is 14.4 Å². The van der Waals surface area contributed by atoms with Crippen molar-refractivity contribution >= 4 is 5.91 Å². The fraction of sp³-hybridized carbons (Fsp3) is 0.333. The summed E-state index contributed by atoms with van der Waals surface area (Å²) < 4.78 is 37.2. The summed E-state index contributed by atoms with van der Waals surface area (Å²) >= 11 is 0. The van der Waals surface area contributed by atoms with Gasteiger partial charge in [0, 0.05) is 24.9 Å². The highest BCUT2D eigenvalue weighted by Gasteiger charge is 2.41. The summed E-state index contributed by atoms with van der Waals surface area (Å²) in [5, 5.41) is 2.97. The van der Waals surface area contributed by atoms with Crippen molar-refractivity contribution in [3.63, 3.8) is 0 Å². The Bertz CT molecular complexity index is 1480. The standard InChI is InChI=1S/C30H30FN5O5/c1-30(28(37)33-16-22-8-5-15-38-22)17-39-27(40-18-30)26-35-24(19-9-11-20(31)12-10-19)25(36-26)23-13-14-32-29(34-23)41-21-6-3-2-4-7-21/h2-4,6-7,9-14,22,27H,5,8,15-18H2,1H3,(H,33,37)(H,35,36). The third-order valence-corrected chi connectivity index (χ3v) is 7.07. The summed E-state index contributed by atoms with van der Waals surface area (Å²) in [6.07, 6.45) is 2.74. The van der Waals surface area contributed by atoms with Crippen molar-refractivity contribution in [1.82, 2.24) is 25.3 Å². The number of imidazole rings is 1. The average Bonchev–Trinajstić information content (AvgIpc) is 3.68. The van der Waals surface area contributed by atoms with Crippen LogP contribution in [0.5, 0.6) is 11.8 Å². The zero-order valence-corrected chi connectivity index (χ0v) is 22.5. The predicted octanol–water partition coefficient (Wildman–Crippen LogP) is 4.81. The third kappa shape index (κ3) is 6.12. The number of halogens is 1. The van der Waals surface area contributed by atoms with Gasteiger partial charge in [-0.3, -0.25) is 4.79 Å². The largest absolute Gasteiger partial charge is 0.424 e. The van der Waals surface area contributed by atoms with E-state index < -0.39 is 11.7 Å². The van der Waals surface area contributed by atoms with Crippen LogP contribution >= 0.6 is 0 Å². The minimum absolute atomic E-state index is 0.0487. The number of nitrogens with zero attached hydrogens (tertiary/aromatic N) is 3. The molecular weight excluding hydrogens is 529 g/mol. The second kappa shape index (κ2) is 11.7. The van der Waals surface area contributed by atoms with E-state index >= 15 is 0 Å². The van der Waals surface area contributed by atoms with E-state index in [1.165, 1.54) is 12.1 Å². The Hall–Kier alpha value is -4.19. The first kappa shape index (κ1) is 27.0. The third-order valence-electron chi connectivity index (χ3n) is 7.07. The average molecular weight is 560 g/mol. The van der Waals surface area contributed by atoms with E-state index in [1.54, 1.807) is 31.3 Å². The summed E-state index contributed by atoms with van der Waals surface area (Å²) in [6, 6.07) is 17.1. The Kier molecular flexibility index (Phi) is 7.73. The molecule has 0 aliphatic carbocycles. The molecule has 2 fully saturated rings. The van der Waals surface area contributed by atoms with Crippen molar-refractivity contribution in [2.24, 2.45) is 5.41 Å². The molecule has 2 aliphatic heterocycles. The number of nitrogens with one attached hydrogen (secondary N) is 2. The maximum atomic E-state index is 13.7. The minimum Gasteiger partial charge on any atom is -0.424 e. The number of aromatic amines is 1. The van der Waals surface area contributed by atoms with Gasteiger partial charge in [-0.05, 0) is 62.2 Å². The van der Waals surface area contributed by atoms with Crippen LogP contribution < -0.4 is 10.1 Å². The maximum absolute atomic E-state index is 13.7. The molecule has 1 amide bonds. The van der Waals surface area contributed by atoms with Gasteiger partial charge in [0.1, 0.15) is 11.6 Å². The number of aromatic nitrogens is 4. The number of rotatable bonds is 8. The van der Waals surface area contributed by atoms with Crippen LogP contribution in [0, 0.1) is 11.2 Å². The zero-order valence-electron chi connectivity index (χ0n) is 22.5. The molecule has 0 bridgehead atoms. The zero-order chi connectivity index (χ0) is 28.2. The monoisotopic (exact) mass is 559 g/mol. The normalized spacial score (nSPS) is 22.4. The lowest BCUT2D eigenvalue weighted by Gasteiger charge is -2.35. The molecule has 2 aromatic heterocycles. The molecule has 0 saturated carbocycles. The van der Waals surface area contributed by atoms with E-state index in [1.807, 2.05) is 30.3 Å². The minimum atomic E-state index is -0.860. The fourth-order valence-electron chi connectivity index (χ4n) is 4.75. The van der Waals surface area contributed by atoms with Crippen LogP contribution in [0.15, 0.2) is 66.9 Å². The molecule has 4 heterocycles. The summed E-state index contributed by atoms with van der Waals surface area (Å²) in [5.41, 5.74) is 1.40. The molecule has 1 unspecified atom stereocenters. The number of carbonyl (C=O) groups is 1. The molecule has 0 spiro atoms. The van der Waals surface area contributed by atoms with Crippen LogP contribution in [0.4, 0.5) is 4.39 Å². The Morgan fingerprint density at radius 1 is 1.07 bits per heavy atom. The number of para-hydroxylation sites is 1. The van der Waals surface area contributed by atoms with E-state index in [0.29, 0.717) is 40.8 Å². The topological polar surface area (TPSA) is 120 Å². The van der Waals surface area contributed by atoms with Gasteiger partial charge < -0.3 is 29.2 Å². The maximum Gasteiger partial charge on any atom is 0.322 e. The molecule has 2 N–H and O–H groups in total. The fourth-order valence-corrected chi connectivity index (χ4v) is 4.75. The summed E-state index contributed by atoms with van der Waals surface area (Å²) in [4.78, 5) is 29.8. The Morgan fingerprint density at radius 2 is 1.85 bits per heavy atom. The highest BCUT2D eigenvalue weighted by Crippen LogP contribution is 2.36. The summed E-state index contributed by atoms with van der Waals surface area (Å²) in [5.74, 6) is 0.485. The molecule has 212 valence electrons. The number of amides is 1. The molecule has 4 aromatic rings. The van der Waals surface area contributed by atoms with Gasteiger partial charge in [0.15, 0.2) is 5.82 Å². The van der Waals surface area contributed by atoms with Crippen molar-refractivity contribution in [3.05, 3.63) is 78.5 Å². The molecule has 2 saturated heterocycles. The van der Waals surface area contributed by atoms with Crippen molar-refractivity contribution in [2.45, 2.75) is 32.2 Å². The molecule has 0 radical (unpaired) electrons. The number of carbonyl (C=O) groups excluding carboxylic acids is 1. The first-order valence-corrected chi connectivity index (χ1v) is 13.5. The van der Waals surface area contributed by atoms with Gasteiger partial charge in [-0.1, -0.05) is 18.2 Å². The van der Waals surface area contributed by atoms with Crippen LogP contribution in [0.3, 0.4) is 0 Å². The lowest BCUT2D eigenvalue weighted by Crippen LogP contribution is -2.49. The molecule has 1 atom stereocenters. The highest BCUT2D eigenvalue weighted by atomic mass is 19.1. The number of hydrogen-bond donors (Lipinski definition) is 2. The summed E-state index contributed by atoms with van der Waals surface area (Å²) in [6.45, 7) is 3.28. The second-order valence-electron chi connectivity index (χ2n) is 10.4. The van der Waals surface area contributed by atoms with Gasteiger partial charge in [0.25, 0.3) is 0 Å². The van der Waals surface area contributed by atoms with Gasteiger partial charge in [0.2, 0.25) is 12.2 Å². The van der Waals surface area contributed by atoms with E-state index in [-0.39, 0.29) is 37.1 Å². The van der Waals surface area contributed by atoms with Crippen LogP contribution in [-0.2, 0) is 19.0 Å². The van der Waals surface area contributed by atoms with E-state index in [9.17, 15) is 9.18 Å². The van der Waals surface area contributed by atoms with Gasteiger partial charge >= 0.3 is 6.01 Å². The van der Waals surface area contributed by atoms with Gasteiger partial charge in [-0.15, -0.1) is 0 Å². The molecule has 6 rings (SSSR count). The smallest absolute Gasteiger partial charge is 0.322 e. The Morgan fingerprint density at radius 3 is 2.59 bits per heavy atom. The van der Waals surface area contributed by atoms with E-state index in [4.69, 9.17) is 23.9 Å². The number of benzene rings is 2. The predicted molar refractivity (Wildman–Crippen MR) is 146 cm³/mol. The van der Waals surface area contributed by atoms with E-state index in [0.717, 1.165) is 19.4 Å². The van der Waals surface area contributed by atoms with Crippen molar-refractivity contribution < 1.29 is 28.1 Å². The van der Waals surface area contributed by atoms with Crippen LogP contribution in [-0.4, -0.2) is 58.3 Å². The highest BCUT2D eigenvalue weighted by molar-refractivity contribution is 5.82. The first-order chi connectivity index (χ1) is 20.0. The molecular formula is C30H30FN5O5. The number of ether oxygens (including phenoxy) is 4. The van der Waals surface area contributed by atoms with Gasteiger partial charge in [-0.2, -0.15) is 4.98 Å². The molecule has 2 aliphatic rings.